The van der Waals surface area contributed by atoms with Crippen molar-refractivity contribution in [1.82, 2.24) is 14.8 Å². The molecular weight excluding hydrogens is 379 g/mol. The van der Waals surface area contributed by atoms with Crippen LogP contribution in [0.4, 0.5) is 9.52 Å². The topological polar surface area (TPSA) is 69.0 Å². The van der Waals surface area contributed by atoms with E-state index in [1.807, 2.05) is 25.1 Å². The third-order valence-electron chi connectivity index (χ3n) is 4.22. The molecule has 0 unspecified atom stereocenters. The fraction of sp³-hybridized carbons (Fsp3) is 0.150. The Labute approximate surface area is 164 Å². The summed E-state index contributed by atoms with van der Waals surface area (Å²) in [5, 5.41) is 7.58. The monoisotopic (exact) mass is 396 g/mol. The largest absolute Gasteiger partial charge is 0.494 e. The SMILES string of the molecule is CCOc1ccc2nc(NC(=O)c3cnn(-c4ccc(F)cc4)c3C)sc2c1. The summed E-state index contributed by atoms with van der Waals surface area (Å²) in [5.41, 5.74) is 2.56. The summed E-state index contributed by atoms with van der Waals surface area (Å²) >= 11 is 1.38. The Bertz CT molecular complexity index is 1150. The number of carbonyl (C=O) groups is 1. The molecule has 28 heavy (non-hydrogen) atoms. The predicted molar refractivity (Wildman–Crippen MR) is 107 cm³/mol. The number of amides is 1. The molecule has 2 aromatic heterocycles. The van der Waals surface area contributed by atoms with Gasteiger partial charge in [0, 0.05) is 0 Å². The Kier molecular flexibility index (Phi) is 4.79. The van der Waals surface area contributed by atoms with Gasteiger partial charge < -0.3 is 4.74 Å². The van der Waals surface area contributed by atoms with Gasteiger partial charge in [0.05, 0.1) is 40.0 Å². The zero-order valence-corrected chi connectivity index (χ0v) is 16.1. The molecule has 0 aliphatic rings. The fourth-order valence-electron chi connectivity index (χ4n) is 2.85. The van der Waals surface area contributed by atoms with Crippen molar-refractivity contribution in [3.63, 3.8) is 0 Å². The van der Waals surface area contributed by atoms with Crippen LogP contribution in [0.2, 0.25) is 0 Å². The summed E-state index contributed by atoms with van der Waals surface area (Å²) in [5.74, 6) is 0.151. The molecule has 1 amide bonds. The van der Waals surface area contributed by atoms with Gasteiger partial charge in [0.15, 0.2) is 5.13 Å². The van der Waals surface area contributed by atoms with Crippen LogP contribution in [0, 0.1) is 12.7 Å². The van der Waals surface area contributed by atoms with Crippen molar-refractivity contribution in [2.45, 2.75) is 13.8 Å². The van der Waals surface area contributed by atoms with Gasteiger partial charge >= 0.3 is 0 Å². The molecule has 0 bridgehead atoms. The Morgan fingerprint density at radius 3 is 2.79 bits per heavy atom. The molecule has 4 aromatic rings. The van der Waals surface area contributed by atoms with Crippen molar-refractivity contribution in [2.24, 2.45) is 0 Å². The number of halogens is 1. The molecule has 0 atom stereocenters. The Morgan fingerprint density at radius 2 is 2.04 bits per heavy atom. The van der Waals surface area contributed by atoms with Crippen molar-refractivity contribution >= 4 is 32.6 Å². The van der Waals surface area contributed by atoms with Crippen molar-refractivity contribution < 1.29 is 13.9 Å². The zero-order chi connectivity index (χ0) is 19.7. The molecule has 0 saturated heterocycles. The highest BCUT2D eigenvalue weighted by Crippen LogP contribution is 2.29. The second kappa shape index (κ2) is 7.40. The van der Waals surface area contributed by atoms with Crippen molar-refractivity contribution in [3.05, 3.63) is 65.7 Å². The van der Waals surface area contributed by atoms with Crippen LogP contribution in [-0.2, 0) is 0 Å². The number of hydrogen-bond acceptors (Lipinski definition) is 5. The minimum absolute atomic E-state index is 0.296. The molecule has 0 aliphatic carbocycles. The Balaban J connectivity index is 1.57. The normalized spacial score (nSPS) is 11.0. The van der Waals surface area contributed by atoms with Crippen LogP contribution in [0.1, 0.15) is 23.0 Å². The number of nitrogens with zero attached hydrogens (tertiary/aromatic N) is 3. The van der Waals surface area contributed by atoms with Gasteiger partial charge in [-0.25, -0.2) is 14.1 Å². The number of benzene rings is 2. The first kappa shape index (κ1) is 18.1. The van der Waals surface area contributed by atoms with Gasteiger partial charge in [-0.05, 0) is 56.3 Å². The average molecular weight is 396 g/mol. The van der Waals surface area contributed by atoms with Crippen molar-refractivity contribution in [2.75, 3.05) is 11.9 Å². The minimum atomic E-state index is -0.324. The molecule has 2 heterocycles. The quantitative estimate of drug-likeness (QED) is 0.536. The number of anilines is 1. The molecule has 0 aliphatic heterocycles. The van der Waals surface area contributed by atoms with E-state index in [4.69, 9.17) is 4.74 Å². The summed E-state index contributed by atoms with van der Waals surface area (Å²) in [7, 11) is 0. The van der Waals surface area contributed by atoms with E-state index < -0.39 is 0 Å². The minimum Gasteiger partial charge on any atom is -0.494 e. The van der Waals surface area contributed by atoms with E-state index >= 15 is 0 Å². The number of aromatic nitrogens is 3. The molecule has 0 radical (unpaired) electrons. The maximum absolute atomic E-state index is 13.1. The van der Waals surface area contributed by atoms with E-state index in [2.05, 4.69) is 15.4 Å². The summed E-state index contributed by atoms with van der Waals surface area (Å²) in [6.07, 6.45) is 1.49. The lowest BCUT2D eigenvalue weighted by atomic mass is 10.2. The second-order valence-corrected chi connectivity index (χ2v) is 7.10. The van der Waals surface area contributed by atoms with Gasteiger partial charge in [-0.3, -0.25) is 10.1 Å². The summed E-state index contributed by atoms with van der Waals surface area (Å²) < 4.78 is 21.2. The van der Waals surface area contributed by atoms with Crippen LogP contribution in [0.3, 0.4) is 0 Å². The van der Waals surface area contributed by atoms with E-state index in [0.717, 1.165) is 16.0 Å². The highest BCUT2D eigenvalue weighted by molar-refractivity contribution is 7.22. The first-order chi connectivity index (χ1) is 13.5. The molecule has 1 N–H and O–H groups in total. The van der Waals surface area contributed by atoms with Crippen LogP contribution in [0.5, 0.6) is 5.75 Å². The number of rotatable bonds is 5. The number of nitrogens with one attached hydrogen (secondary N) is 1. The average Bonchev–Trinajstić information content (AvgIpc) is 3.25. The molecule has 4 rings (SSSR count). The highest BCUT2D eigenvalue weighted by Gasteiger charge is 2.17. The Morgan fingerprint density at radius 1 is 1.25 bits per heavy atom. The summed E-state index contributed by atoms with van der Waals surface area (Å²) in [6.45, 7) is 4.31. The maximum atomic E-state index is 13.1. The van der Waals surface area contributed by atoms with Crippen LogP contribution < -0.4 is 10.1 Å². The van der Waals surface area contributed by atoms with E-state index in [9.17, 15) is 9.18 Å². The van der Waals surface area contributed by atoms with E-state index in [1.165, 1.54) is 29.7 Å². The molecule has 2 aromatic carbocycles. The van der Waals surface area contributed by atoms with Gasteiger partial charge in [0.25, 0.3) is 5.91 Å². The number of thiazole rings is 1. The van der Waals surface area contributed by atoms with Gasteiger partial charge in [-0.1, -0.05) is 11.3 Å². The molecule has 8 heteroatoms. The first-order valence-electron chi connectivity index (χ1n) is 8.70. The standard InChI is InChI=1S/C20H17FN4O2S/c1-3-27-15-8-9-17-18(10-15)28-20(23-17)24-19(26)16-11-22-25(12(16)2)14-6-4-13(21)5-7-14/h4-11H,3H2,1-2H3,(H,23,24,26). The van der Waals surface area contributed by atoms with Crippen LogP contribution in [-0.4, -0.2) is 27.3 Å². The van der Waals surface area contributed by atoms with Gasteiger partial charge in [0.2, 0.25) is 0 Å². The second-order valence-electron chi connectivity index (χ2n) is 6.07. The summed E-state index contributed by atoms with van der Waals surface area (Å²) in [6, 6.07) is 11.6. The predicted octanol–water partition coefficient (Wildman–Crippen LogP) is 4.58. The lowest BCUT2D eigenvalue weighted by Crippen LogP contribution is -2.12. The summed E-state index contributed by atoms with van der Waals surface area (Å²) in [4.78, 5) is 17.1. The van der Waals surface area contributed by atoms with E-state index in [0.29, 0.717) is 28.7 Å². The van der Waals surface area contributed by atoms with Gasteiger partial charge in [-0.2, -0.15) is 5.10 Å². The molecular formula is C20H17FN4O2S. The number of fused-ring (bicyclic) bond motifs is 1. The van der Waals surface area contributed by atoms with Crippen LogP contribution >= 0.6 is 11.3 Å². The number of hydrogen-bond donors (Lipinski definition) is 1. The maximum Gasteiger partial charge on any atom is 0.260 e. The van der Waals surface area contributed by atoms with Gasteiger partial charge in [0.1, 0.15) is 11.6 Å². The van der Waals surface area contributed by atoms with E-state index in [1.54, 1.807) is 23.7 Å². The van der Waals surface area contributed by atoms with E-state index in [-0.39, 0.29) is 11.7 Å². The first-order valence-corrected chi connectivity index (χ1v) is 9.52. The number of ether oxygens (including phenoxy) is 1. The third kappa shape index (κ3) is 3.46. The van der Waals surface area contributed by atoms with Gasteiger partial charge in [-0.15, -0.1) is 0 Å². The highest BCUT2D eigenvalue weighted by atomic mass is 32.1. The lowest BCUT2D eigenvalue weighted by Gasteiger charge is -2.05. The molecule has 0 spiro atoms. The van der Waals surface area contributed by atoms with Crippen molar-refractivity contribution in [1.29, 1.82) is 0 Å². The smallest absolute Gasteiger partial charge is 0.260 e. The number of carbonyl (C=O) groups excluding carboxylic acids is 1. The Hall–Kier alpha value is -3.26. The van der Waals surface area contributed by atoms with Crippen molar-refractivity contribution in [3.8, 4) is 11.4 Å². The fourth-order valence-corrected chi connectivity index (χ4v) is 3.74. The van der Waals surface area contributed by atoms with Crippen LogP contribution in [0.15, 0.2) is 48.7 Å². The third-order valence-corrected chi connectivity index (χ3v) is 5.15. The lowest BCUT2D eigenvalue weighted by molar-refractivity contribution is 0.102. The molecule has 0 saturated carbocycles. The molecule has 0 fully saturated rings. The van der Waals surface area contributed by atoms with Crippen LogP contribution in [0.25, 0.3) is 15.9 Å². The zero-order valence-electron chi connectivity index (χ0n) is 15.3. The molecule has 142 valence electrons. The molecule has 6 nitrogen and oxygen atoms in total.